The highest BCUT2D eigenvalue weighted by Gasteiger charge is 2.26. The Kier molecular flexibility index (Phi) is 4.52. The van der Waals surface area contributed by atoms with Crippen molar-refractivity contribution in [1.82, 2.24) is 4.98 Å². The van der Waals surface area contributed by atoms with Crippen LogP contribution in [-0.4, -0.2) is 19.2 Å². The zero-order chi connectivity index (χ0) is 15.5. The predicted molar refractivity (Wildman–Crippen MR) is 75.9 cm³/mol. The number of hydrogen-bond donors (Lipinski definition) is 1. The Balaban J connectivity index is 2.07. The monoisotopic (exact) mass is 312 g/mol. The minimum Gasteiger partial charge on any atom is -0.379 e. The molecule has 2 rings (SSSR count). The molecule has 1 N–H and O–H groups in total. The van der Waals surface area contributed by atoms with Gasteiger partial charge in [-0.25, -0.2) is 8.42 Å². The second-order valence-electron chi connectivity index (χ2n) is 4.45. The summed E-state index contributed by atoms with van der Waals surface area (Å²) >= 11 is 0. The summed E-state index contributed by atoms with van der Waals surface area (Å²) in [5.74, 6) is -3.41. The third-order valence-electron chi connectivity index (χ3n) is 2.84. The number of nitrogens with one attached hydrogen (secondary N) is 1. The summed E-state index contributed by atoms with van der Waals surface area (Å²) < 4.78 is 47.3. The molecule has 0 spiro atoms. The second kappa shape index (κ2) is 6.17. The van der Waals surface area contributed by atoms with Gasteiger partial charge in [0.05, 0.1) is 17.1 Å². The van der Waals surface area contributed by atoms with Gasteiger partial charge in [0, 0.05) is 11.4 Å². The fourth-order valence-corrected chi connectivity index (χ4v) is 2.48. The molecule has 0 bridgehead atoms. The van der Waals surface area contributed by atoms with Crippen LogP contribution in [0.15, 0.2) is 47.4 Å². The average Bonchev–Trinajstić information content (AvgIpc) is 2.45. The van der Waals surface area contributed by atoms with Crippen molar-refractivity contribution in [3.05, 3.63) is 53.9 Å². The van der Waals surface area contributed by atoms with Gasteiger partial charge >= 0.3 is 5.76 Å². The van der Waals surface area contributed by atoms with Crippen LogP contribution in [0.25, 0.3) is 0 Å². The summed E-state index contributed by atoms with van der Waals surface area (Å²) in [7, 11) is -4.54. The number of aromatic nitrogens is 1. The van der Waals surface area contributed by atoms with E-state index in [0.717, 1.165) is 23.5 Å². The lowest BCUT2D eigenvalue weighted by molar-refractivity contribution is 0.234. The lowest BCUT2D eigenvalue weighted by Gasteiger charge is -2.08. The lowest BCUT2D eigenvalue weighted by atomic mass is 10.3. The molecule has 0 saturated heterocycles. The standard InChI is InChI=1S/C14H14F2N2O2S/c1-10-3-2-4-12(18-10)9-17-11-5-7-13(8-6-11)21(19,20)14(15)16/h2-8,14,17H,9H2,1H3. The number of benzene rings is 1. The first-order valence-electron chi connectivity index (χ1n) is 6.18. The minimum atomic E-state index is -4.54. The van der Waals surface area contributed by atoms with Crippen LogP contribution in [0.4, 0.5) is 14.5 Å². The number of pyridine rings is 1. The summed E-state index contributed by atoms with van der Waals surface area (Å²) in [6, 6.07) is 10.8. The maximum Gasteiger partial charge on any atom is 0.341 e. The van der Waals surface area contributed by atoms with Crippen LogP contribution in [0.3, 0.4) is 0 Å². The molecule has 1 aromatic heterocycles. The predicted octanol–water partition coefficient (Wildman–Crippen LogP) is 3.00. The van der Waals surface area contributed by atoms with Crippen molar-refractivity contribution in [3.63, 3.8) is 0 Å². The van der Waals surface area contributed by atoms with Crippen LogP contribution in [0.2, 0.25) is 0 Å². The van der Waals surface area contributed by atoms with Gasteiger partial charge in [-0.15, -0.1) is 0 Å². The Hall–Kier alpha value is -2.02. The van der Waals surface area contributed by atoms with Gasteiger partial charge in [-0.2, -0.15) is 8.78 Å². The summed E-state index contributed by atoms with van der Waals surface area (Å²) in [5.41, 5.74) is 2.36. The average molecular weight is 312 g/mol. The second-order valence-corrected chi connectivity index (χ2v) is 6.37. The van der Waals surface area contributed by atoms with E-state index in [1.807, 2.05) is 25.1 Å². The van der Waals surface area contributed by atoms with Crippen molar-refractivity contribution in [2.45, 2.75) is 24.1 Å². The van der Waals surface area contributed by atoms with Crippen molar-refractivity contribution < 1.29 is 17.2 Å². The van der Waals surface area contributed by atoms with E-state index < -0.39 is 20.5 Å². The van der Waals surface area contributed by atoms with E-state index in [9.17, 15) is 17.2 Å². The van der Waals surface area contributed by atoms with Crippen LogP contribution in [0, 0.1) is 6.92 Å². The van der Waals surface area contributed by atoms with Crippen LogP contribution >= 0.6 is 0 Å². The van der Waals surface area contributed by atoms with E-state index in [-0.39, 0.29) is 0 Å². The fourth-order valence-electron chi connectivity index (χ4n) is 1.76. The van der Waals surface area contributed by atoms with Gasteiger partial charge in [0.25, 0.3) is 0 Å². The van der Waals surface area contributed by atoms with Gasteiger partial charge in [0.1, 0.15) is 0 Å². The molecule has 4 nitrogen and oxygen atoms in total. The van der Waals surface area contributed by atoms with Crippen LogP contribution in [0.1, 0.15) is 11.4 Å². The molecule has 0 unspecified atom stereocenters. The third kappa shape index (κ3) is 3.75. The molecule has 0 atom stereocenters. The van der Waals surface area contributed by atoms with Crippen LogP contribution in [-0.2, 0) is 16.4 Å². The quantitative estimate of drug-likeness (QED) is 0.922. The van der Waals surface area contributed by atoms with E-state index in [1.165, 1.54) is 12.1 Å². The Morgan fingerprint density at radius 3 is 2.38 bits per heavy atom. The number of hydrogen-bond acceptors (Lipinski definition) is 4. The Morgan fingerprint density at radius 2 is 1.81 bits per heavy atom. The van der Waals surface area contributed by atoms with E-state index in [1.54, 1.807) is 0 Å². The molecule has 21 heavy (non-hydrogen) atoms. The highest BCUT2D eigenvalue weighted by molar-refractivity contribution is 7.91. The lowest BCUT2D eigenvalue weighted by Crippen LogP contribution is -2.11. The molecule has 0 saturated carbocycles. The van der Waals surface area contributed by atoms with Crippen molar-refractivity contribution in [3.8, 4) is 0 Å². The molecular weight excluding hydrogens is 298 g/mol. The largest absolute Gasteiger partial charge is 0.379 e. The molecule has 0 amide bonds. The fraction of sp³-hybridized carbons (Fsp3) is 0.214. The smallest absolute Gasteiger partial charge is 0.341 e. The summed E-state index contributed by atoms with van der Waals surface area (Å²) in [5, 5.41) is 3.05. The molecule has 0 aliphatic carbocycles. The number of anilines is 1. The van der Waals surface area contributed by atoms with Gasteiger partial charge in [-0.05, 0) is 43.3 Å². The Morgan fingerprint density at radius 1 is 1.14 bits per heavy atom. The van der Waals surface area contributed by atoms with E-state index in [4.69, 9.17) is 0 Å². The van der Waals surface area contributed by atoms with Crippen molar-refractivity contribution in [2.75, 3.05) is 5.32 Å². The molecule has 112 valence electrons. The molecular formula is C14H14F2N2O2S. The van der Waals surface area contributed by atoms with E-state index in [2.05, 4.69) is 10.3 Å². The molecule has 0 aliphatic heterocycles. The zero-order valence-corrected chi connectivity index (χ0v) is 12.1. The van der Waals surface area contributed by atoms with Crippen molar-refractivity contribution in [1.29, 1.82) is 0 Å². The van der Waals surface area contributed by atoms with Crippen molar-refractivity contribution in [2.24, 2.45) is 0 Å². The number of rotatable bonds is 5. The highest BCUT2D eigenvalue weighted by Crippen LogP contribution is 2.20. The first-order valence-corrected chi connectivity index (χ1v) is 7.73. The highest BCUT2D eigenvalue weighted by atomic mass is 32.2. The summed E-state index contributed by atoms with van der Waals surface area (Å²) in [4.78, 5) is 3.92. The first kappa shape index (κ1) is 15.4. The molecule has 1 heterocycles. The van der Waals surface area contributed by atoms with Gasteiger partial charge in [0.2, 0.25) is 9.84 Å². The normalized spacial score (nSPS) is 11.6. The van der Waals surface area contributed by atoms with Gasteiger partial charge in [-0.3, -0.25) is 4.98 Å². The van der Waals surface area contributed by atoms with Gasteiger partial charge < -0.3 is 5.32 Å². The Bertz CT molecular complexity index is 716. The molecule has 2 aromatic rings. The maximum atomic E-state index is 12.4. The first-order chi connectivity index (χ1) is 9.89. The summed E-state index contributed by atoms with van der Waals surface area (Å²) in [6.07, 6.45) is 0. The number of halogens is 2. The topological polar surface area (TPSA) is 59.1 Å². The SMILES string of the molecule is Cc1cccc(CNc2ccc(S(=O)(=O)C(F)F)cc2)n1. The molecule has 0 radical (unpaired) electrons. The van der Waals surface area contributed by atoms with Crippen molar-refractivity contribution >= 4 is 15.5 Å². The number of sulfone groups is 1. The Labute approximate surface area is 121 Å². The molecule has 0 aliphatic rings. The molecule has 1 aromatic carbocycles. The zero-order valence-electron chi connectivity index (χ0n) is 11.3. The molecule has 0 fully saturated rings. The maximum absolute atomic E-state index is 12.4. The minimum absolute atomic E-state index is 0.392. The molecule has 7 heteroatoms. The van der Waals surface area contributed by atoms with Crippen LogP contribution in [0.5, 0.6) is 0 Å². The number of aryl methyl sites for hydroxylation is 1. The third-order valence-corrected chi connectivity index (χ3v) is 4.24. The number of alkyl halides is 2. The van der Waals surface area contributed by atoms with E-state index >= 15 is 0 Å². The van der Waals surface area contributed by atoms with Crippen LogP contribution < -0.4 is 5.32 Å². The van der Waals surface area contributed by atoms with Gasteiger partial charge in [-0.1, -0.05) is 6.07 Å². The summed E-state index contributed by atoms with van der Waals surface area (Å²) in [6.45, 7) is 2.34. The number of nitrogens with zero attached hydrogens (tertiary/aromatic N) is 1. The van der Waals surface area contributed by atoms with E-state index in [0.29, 0.717) is 12.2 Å². The van der Waals surface area contributed by atoms with Gasteiger partial charge in [0.15, 0.2) is 0 Å².